The van der Waals surface area contributed by atoms with Crippen LogP contribution in [0.5, 0.6) is 0 Å². The molecular weight excluding hydrogens is 224 g/mol. The van der Waals surface area contributed by atoms with Crippen LogP contribution in [-0.4, -0.2) is 25.7 Å². The highest BCUT2D eigenvalue weighted by molar-refractivity contribution is 5.70. The van der Waals surface area contributed by atoms with Crippen molar-refractivity contribution in [1.29, 1.82) is 0 Å². The number of hydrogen-bond acceptors (Lipinski definition) is 3. The third kappa shape index (κ3) is 2.19. The summed E-state index contributed by atoms with van der Waals surface area (Å²) < 4.78 is 1.82. The number of nitrogens with zero attached hydrogens (tertiary/aromatic N) is 4. The molecular formula is C14H22N4. The van der Waals surface area contributed by atoms with Gasteiger partial charge in [0.1, 0.15) is 5.69 Å². The molecule has 4 nitrogen and oxygen atoms in total. The van der Waals surface area contributed by atoms with Crippen LogP contribution in [0.15, 0.2) is 24.7 Å². The molecule has 0 bridgehead atoms. The molecule has 2 rings (SSSR count). The van der Waals surface area contributed by atoms with Crippen LogP contribution in [0.1, 0.15) is 41.5 Å². The fraction of sp³-hybridized carbons (Fsp3) is 0.571. The smallest absolute Gasteiger partial charge is 0.178 e. The Morgan fingerprint density at radius 1 is 1.06 bits per heavy atom. The van der Waals surface area contributed by atoms with Crippen LogP contribution in [0.4, 0.5) is 5.69 Å². The van der Waals surface area contributed by atoms with Crippen LogP contribution in [0.25, 0.3) is 5.65 Å². The van der Waals surface area contributed by atoms with Gasteiger partial charge in [-0.3, -0.25) is 0 Å². The average Bonchev–Trinajstić information content (AvgIpc) is 2.58. The zero-order chi connectivity index (χ0) is 13.6. The average molecular weight is 246 g/mol. The van der Waals surface area contributed by atoms with E-state index in [9.17, 15) is 0 Å². The summed E-state index contributed by atoms with van der Waals surface area (Å²) in [7, 11) is 0. The SMILES string of the molecule is CC(C)(C)N(c1cnn2cccnc12)C(C)(C)C. The zero-order valence-electron chi connectivity index (χ0n) is 12.1. The second-order valence-electron chi connectivity index (χ2n) is 6.59. The van der Waals surface area contributed by atoms with E-state index in [-0.39, 0.29) is 11.1 Å². The van der Waals surface area contributed by atoms with Crippen molar-refractivity contribution in [3.63, 3.8) is 0 Å². The van der Waals surface area contributed by atoms with Gasteiger partial charge in [0, 0.05) is 23.5 Å². The largest absolute Gasteiger partial charge is 0.357 e. The Morgan fingerprint density at radius 3 is 2.22 bits per heavy atom. The Balaban J connectivity index is 2.63. The minimum absolute atomic E-state index is 0.0132. The predicted octanol–water partition coefficient (Wildman–Crippen LogP) is 3.13. The molecule has 4 heteroatoms. The third-order valence-electron chi connectivity index (χ3n) is 2.84. The summed E-state index contributed by atoms with van der Waals surface area (Å²) in [6, 6.07) is 1.89. The van der Waals surface area contributed by atoms with Crippen molar-refractivity contribution in [2.24, 2.45) is 0 Å². The van der Waals surface area contributed by atoms with E-state index in [2.05, 4.69) is 56.5 Å². The van der Waals surface area contributed by atoms with Gasteiger partial charge in [0.2, 0.25) is 0 Å². The molecule has 0 aliphatic heterocycles. The van der Waals surface area contributed by atoms with E-state index in [0.717, 1.165) is 11.3 Å². The minimum Gasteiger partial charge on any atom is -0.357 e. The Hall–Kier alpha value is -1.58. The monoisotopic (exact) mass is 246 g/mol. The number of aromatic nitrogens is 3. The first-order valence-corrected chi connectivity index (χ1v) is 6.30. The first kappa shape index (κ1) is 12.9. The van der Waals surface area contributed by atoms with E-state index in [1.54, 1.807) is 0 Å². The maximum Gasteiger partial charge on any atom is 0.178 e. The summed E-state index contributed by atoms with van der Waals surface area (Å²) in [5, 5.41) is 4.38. The van der Waals surface area contributed by atoms with E-state index in [1.807, 2.05) is 29.2 Å². The summed E-state index contributed by atoms with van der Waals surface area (Å²) >= 11 is 0. The van der Waals surface area contributed by atoms with Gasteiger partial charge in [-0.2, -0.15) is 5.10 Å². The van der Waals surface area contributed by atoms with Gasteiger partial charge in [0.05, 0.1) is 6.20 Å². The highest BCUT2D eigenvalue weighted by Gasteiger charge is 2.33. The molecule has 0 saturated carbocycles. The van der Waals surface area contributed by atoms with Crippen LogP contribution in [0.3, 0.4) is 0 Å². The summed E-state index contributed by atoms with van der Waals surface area (Å²) in [5.41, 5.74) is 2.01. The van der Waals surface area contributed by atoms with Gasteiger partial charge in [0.25, 0.3) is 0 Å². The standard InChI is InChI=1S/C14H22N4/c1-13(2,3)18(14(4,5)6)11-10-16-17-9-7-8-15-12(11)17/h7-10H,1-6H3. The van der Waals surface area contributed by atoms with Crippen molar-refractivity contribution in [2.45, 2.75) is 52.6 Å². The molecule has 98 valence electrons. The van der Waals surface area contributed by atoms with Crippen LogP contribution in [0.2, 0.25) is 0 Å². The molecule has 0 aliphatic carbocycles. The van der Waals surface area contributed by atoms with Gasteiger partial charge in [-0.1, -0.05) is 0 Å². The molecule has 2 heterocycles. The van der Waals surface area contributed by atoms with E-state index in [0.29, 0.717) is 0 Å². The van der Waals surface area contributed by atoms with Gasteiger partial charge >= 0.3 is 0 Å². The first-order valence-electron chi connectivity index (χ1n) is 6.30. The summed E-state index contributed by atoms with van der Waals surface area (Å²) in [6.45, 7) is 13.3. The molecule has 0 saturated heterocycles. The summed E-state index contributed by atoms with van der Waals surface area (Å²) in [4.78, 5) is 6.82. The molecule has 0 spiro atoms. The highest BCUT2D eigenvalue weighted by Crippen LogP contribution is 2.33. The van der Waals surface area contributed by atoms with Crippen LogP contribution >= 0.6 is 0 Å². The quantitative estimate of drug-likeness (QED) is 0.775. The molecule has 0 fully saturated rings. The number of anilines is 1. The molecule has 0 unspecified atom stereocenters. The third-order valence-corrected chi connectivity index (χ3v) is 2.84. The highest BCUT2D eigenvalue weighted by atomic mass is 15.3. The topological polar surface area (TPSA) is 33.4 Å². The lowest BCUT2D eigenvalue weighted by Gasteiger charge is -2.46. The Morgan fingerprint density at radius 2 is 1.67 bits per heavy atom. The first-order chi connectivity index (χ1) is 8.21. The molecule has 0 atom stereocenters. The van der Waals surface area contributed by atoms with E-state index < -0.39 is 0 Å². The molecule has 18 heavy (non-hydrogen) atoms. The number of rotatable bonds is 1. The van der Waals surface area contributed by atoms with Crippen molar-refractivity contribution >= 4 is 11.3 Å². The lowest BCUT2D eigenvalue weighted by Crippen LogP contribution is -2.53. The minimum atomic E-state index is 0.0132. The van der Waals surface area contributed by atoms with E-state index in [1.165, 1.54) is 0 Å². The Bertz CT molecular complexity index is 529. The van der Waals surface area contributed by atoms with Crippen molar-refractivity contribution in [3.05, 3.63) is 24.7 Å². The van der Waals surface area contributed by atoms with Gasteiger partial charge in [0.15, 0.2) is 5.65 Å². The fourth-order valence-corrected chi connectivity index (χ4v) is 2.70. The summed E-state index contributed by atoms with van der Waals surface area (Å²) in [5.74, 6) is 0. The van der Waals surface area contributed by atoms with Crippen LogP contribution in [-0.2, 0) is 0 Å². The lowest BCUT2D eigenvalue weighted by molar-refractivity contribution is 0.381. The maximum atomic E-state index is 4.45. The number of fused-ring (bicyclic) bond motifs is 1. The second-order valence-corrected chi connectivity index (χ2v) is 6.59. The summed E-state index contributed by atoms with van der Waals surface area (Å²) in [6.07, 6.45) is 5.64. The molecule has 0 radical (unpaired) electrons. The van der Waals surface area contributed by atoms with Crippen molar-refractivity contribution < 1.29 is 0 Å². The zero-order valence-corrected chi connectivity index (χ0v) is 12.1. The molecule has 0 aromatic carbocycles. The van der Waals surface area contributed by atoms with Gasteiger partial charge in [-0.05, 0) is 47.6 Å². The van der Waals surface area contributed by atoms with Gasteiger partial charge in [-0.15, -0.1) is 0 Å². The normalized spacial score (nSPS) is 13.0. The molecule has 0 aliphatic rings. The number of hydrogen-bond donors (Lipinski definition) is 0. The molecule has 2 aromatic heterocycles. The predicted molar refractivity (Wildman–Crippen MR) is 75.0 cm³/mol. The van der Waals surface area contributed by atoms with Gasteiger partial charge in [-0.25, -0.2) is 9.50 Å². The molecule has 2 aromatic rings. The van der Waals surface area contributed by atoms with Crippen LogP contribution < -0.4 is 4.90 Å². The maximum absolute atomic E-state index is 4.45. The Labute approximate surface area is 109 Å². The van der Waals surface area contributed by atoms with Crippen LogP contribution in [0, 0.1) is 0 Å². The van der Waals surface area contributed by atoms with Crippen molar-refractivity contribution in [1.82, 2.24) is 14.6 Å². The molecule has 0 N–H and O–H groups in total. The van der Waals surface area contributed by atoms with Crippen molar-refractivity contribution in [3.8, 4) is 0 Å². The fourth-order valence-electron chi connectivity index (χ4n) is 2.70. The lowest BCUT2D eigenvalue weighted by atomic mass is 9.95. The van der Waals surface area contributed by atoms with E-state index >= 15 is 0 Å². The second kappa shape index (κ2) is 3.97. The van der Waals surface area contributed by atoms with E-state index in [4.69, 9.17) is 0 Å². The van der Waals surface area contributed by atoms with Gasteiger partial charge < -0.3 is 4.90 Å². The Kier molecular flexibility index (Phi) is 2.84. The molecule has 0 amide bonds. The van der Waals surface area contributed by atoms with Crippen molar-refractivity contribution in [2.75, 3.05) is 4.90 Å².